The van der Waals surface area contributed by atoms with Crippen LogP contribution in [0.1, 0.15) is 6.42 Å². The van der Waals surface area contributed by atoms with Gasteiger partial charge in [-0.05, 0) is 30.2 Å². The van der Waals surface area contributed by atoms with Crippen LogP contribution < -0.4 is 10.6 Å². The van der Waals surface area contributed by atoms with E-state index in [4.69, 9.17) is 17.3 Å². The van der Waals surface area contributed by atoms with Crippen LogP contribution in [0.5, 0.6) is 0 Å². The van der Waals surface area contributed by atoms with Gasteiger partial charge in [-0.3, -0.25) is 0 Å². The van der Waals surface area contributed by atoms with Gasteiger partial charge in [0.1, 0.15) is 12.0 Å². The first-order valence-electron chi connectivity index (χ1n) is 6.54. The van der Waals surface area contributed by atoms with Crippen LogP contribution in [-0.2, 0) is 0 Å². The summed E-state index contributed by atoms with van der Waals surface area (Å²) in [4.78, 5) is 6.11. The molecule has 1 fully saturated rings. The number of nitrogen functional groups attached to an aromatic ring is 1. The maximum atomic E-state index is 13.2. The van der Waals surface area contributed by atoms with E-state index in [1.807, 2.05) is 24.3 Å². The molecule has 0 radical (unpaired) electrons. The van der Waals surface area contributed by atoms with Crippen LogP contribution in [0.15, 0.2) is 36.5 Å². The predicted octanol–water partition coefficient (Wildman–Crippen LogP) is 3.53. The standard InChI is InChI=1S/C15H15ClFN3/c16-14-7-11(8-19-15(14)18)10-1-3-13(4-2-10)20-6-5-12(17)9-20/h1-4,7-8,12H,5-6,9H2,(H2,18,19)/t12-/m1/s1. The zero-order valence-corrected chi connectivity index (χ0v) is 11.6. The van der Waals surface area contributed by atoms with E-state index < -0.39 is 6.17 Å². The van der Waals surface area contributed by atoms with Gasteiger partial charge in [-0.2, -0.15) is 0 Å². The third kappa shape index (κ3) is 2.56. The second-order valence-corrected chi connectivity index (χ2v) is 5.38. The zero-order chi connectivity index (χ0) is 14.1. The average molecular weight is 292 g/mol. The fourth-order valence-corrected chi connectivity index (χ4v) is 2.59. The molecule has 1 atom stereocenters. The molecule has 0 spiro atoms. The molecule has 0 bridgehead atoms. The molecule has 1 aliphatic rings. The minimum atomic E-state index is -0.713. The number of alkyl halides is 1. The van der Waals surface area contributed by atoms with Crippen molar-refractivity contribution in [3.63, 3.8) is 0 Å². The van der Waals surface area contributed by atoms with Crippen LogP contribution in [-0.4, -0.2) is 24.2 Å². The average Bonchev–Trinajstić information content (AvgIpc) is 2.89. The summed E-state index contributed by atoms with van der Waals surface area (Å²) in [7, 11) is 0. The van der Waals surface area contributed by atoms with E-state index in [2.05, 4.69) is 9.88 Å². The first kappa shape index (κ1) is 13.2. The maximum absolute atomic E-state index is 13.2. The van der Waals surface area contributed by atoms with E-state index in [0.717, 1.165) is 23.4 Å². The number of hydrogen-bond donors (Lipinski definition) is 1. The Labute approximate surface area is 122 Å². The van der Waals surface area contributed by atoms with Gasteiger partial charge in [-0.1, -0.05) is 23.7 Å². The summed E-state index contributed by atoms with van der Waals surface area (Å²) in [6, 6.07) is 9.77. The van der Waals surface area contributed by atoms with Crippen molar-refractivity contribution in [1.29, 1.82) is 0 Å². The van der Waals surface area contributed by atoms with Crippen LogP contribution in [0.25, 0.3) is 11.1 Å². The fraction of sp³-hybridized carbons (Fsp3) is 0.267. The molecule has 1 aromatic heterocycles. The summed E-state index contributed by atoms with van der Waals surface area (Å²) in [5.74, 6) is 0.332. The molecule has 0 unspecified atom stereocenters. The lowest BCUT2D eigenvalue weighted by molar-refractivity contribution is 0.364. The van der Waals surface area contributed by atoms with Crippen molar-refractivity contribution in [3.8, 4) is 11.1 Å². The summed E-state index contributed by atoms with van der Waals surface area (Å²) in [5, 5.41) is 0.450. The number of halogens is 2. The minimum absolute atomic E-state index is 0.332. The van der Waals surface area contributed by atoms with Crippen molar-refractivity contribution in [2.45, 2.75) is 12.6 Å². The van der Waals surface area contributed by atoms with Crippen LogP contribution in [0, 0.1) is 0 Å². The lowest BCUT2D eigenvalue weighted by Crippen LogP contribution is -2.19. The summed E-state index contributed by atoms with van der Waals surface area (Å²) in [6.07, 6.45) is 1.60. The van der Waals surface area contributed by atoms with Crippen LogP contribution >= 0.6 is 11.6 Å². The normalized spacial score (nSPS) is 18.5. The van der Waals surface area contributed by atoms with E-state index in [1.165, 1.54) is 0 Å². The molecule has 1 aliphatic heterocycles. The van der Waals surface area contributed by atoms with Crippen molar-refractivity contribution >= 4 is 23.1 Å². The lowest BCUT2D eigenvalue weighted by atomic mass is 10.1. The largest absolute Gasteiger partial charge is 0.382 e. The third-order valence-corrected chi connectivity index (χ3v) is 3.87. The second kappa shape index (κ2) is 5.29. The van der Waals surface area contributed by atoms with Gasteiger partial charge < -0.3 is 10.6 Å². The van der Waals surface area contributed by atoms with Crippen molar-refractivity contribution < 1.29 is 4.39 Å². The Kier molecular flexibility index (Phi) is 3.49. The second-order valence-electron chi connectivity index (χ2n) is 4.97. The number of pyridine rings is 1. The molecule has 2 N–H and O–H groups in total. The van der Waals surface area contributed by atoms with E-state index in [9.17, 15) is 4.39 Å². The molecule has 0 amide bonds. The topological polar surface area (TPSA) is 42.1 Å². The zero-order valence-electron chi connectivity index (χ0n) is 10.9. The predicted molar refractivity (Wildman–Crippen MR) is 80.8 cm³/mol. The first-order chi connectivity index (χ1) is 9.63. The van der Waals surface area contributed by atoms with Gasteiger partial charge in [0.25, 0.3) is 0 Å². The van der Waals surface area contributed by atoms with E-state index in [0.29, 0.717) is 23.8 Å². The Morgan fingerprint density at radius 3 is 2.60 bits per heavy atom. The first-order valence-corrected chi connectivity index (χ1v) is 6.92. The van der Waals surface area contributed by atoms with Crippen LogP contribution in [0.3, 0.4) is 0 Å². The van der Waals surface area contributed by atoms with Crippen LogP contribution in [0.2, 0.25) is 5.02 Å². The summed E-state index contributed by atoms with van der Waals surface area (Å²) >= 11 is 5.98. The molecule has 0 saturated carbocycles. The summed E-state index contributed by atoms with van der Waals surface area (Å²) in [6.45, 7) is 1.25. The Morgan fingerprint density at radius 1 is 1.25 bits per heavy atom. The number of nitrogens with two attached hydrogens (primary N) is 1. The van der Waals surface area contributed by atoms with Gasteiger partial charge in [0.2, 0.25) is 0 Å². The van der Waals surface area contributed by atoms with Gasteiger partial charge in [0, 0.05) is 30.5 Å². The molecule has 104 valence electrons. The SMILES string of the molecule is Nc1ncc(-c2ccc(N3CC[C@@H](F)C3)cc2)cc1Cl. The monoisotopic (exact) mass is 291 g/mol. The molecule has 0 aliphatic carbocycles. The number of nitrogens with zero attached hydrogens (tertiary/aromatic N) is 2. The van der Waals surface area contributed by atoms with Gasteiger partial charge >= 0.3 is 0 Å². The fourth-order valence-electron chi connectivity index (χ4n) is 2.42. The van der Waals surface area contributed by atoms with Crippen molar-refractivity contribution in [1.82, 2.24) is 4.98 Å². The molecule has 5 heteroatoms. The summed E-state index contributed by atoms with van der Waals surface area (Å²) < 4.78 is 13.2. The highest BCUT2D eigenvalue weighted by atomic mass is 35.5. The van der Waals surface area contributed by atoms with E-state index in [-0.39, 0.29) is 0 Å². The molecule has 3 rings (SSSR count). The number of aromatic nitrogens is 1. The highest BCUT2D eigenvalue weighted by Crippen LogP contribution is 2.28. The van der Waals surface area contributed by atoms with Crippen LogP contribution in [0.4, 0.5) is 15.9 Å². The number of benzene rings is 1. The molecule has 1 saturated heterocycles. The highest BCUT2D eigenvalue weighted by molar-refractivity contribution is 6.33. The molecule has 3 nitrogen and oxygen atoms in total. The number of rotatable bonds is 2. The Hall–Kier alpha value is -1.81. The van der Waals surface area contributed by atoms with Crippen molar-refractivity contribution in [3.05, 3.63) is 41.6 Å². The van der Waals surface area contributed by atoms with Crippen molar-refractivity contribution in [2.24, 2.45) is 0 Å². The molecule has 2 aromatic rings. The minimum Gasteiger partial charge on any atom is -0.382 e. The van der Waals surface area contributed by atoms with Gasteiger partial charge in [-0.25, -0.2) is 9.37 Å². The molecule has 20 heavy (non-hydrogen) atoms. The molecular weight excluding hydrogens is 277 g/mol. The Bertz CT molecular complexity index is 615. The van der Waals surface area contributed by atoms with Gasteiger partial charge in [0.15, 0.2) is 0 Å². The third-order valence-electron chi connectivity index (χ3n) is 3.57. The number of anilines is 2. The lowest BCUT2D eigenvalue weighted by Gasteiger charge is -2.17. The molecule has 2 heterocycles. The number of hydrogen-bond acceptors (Lipinski definition) is 3. The Balaban J connectivity index is 1.83. The summed E-state index contributed by atoms with van der Waals surface area (Å²) in [5.41, 5.74) is 8.58. The van der Waals surface area contributed by atoms with Crippen molar-refractivity contribution in [2.75, 3.05) is 23.7 Å². The Morgan fingerprint density at radius 2 is 2.00 bits per heavy atom. The molecular formula is C15H15ClFN3. The quantitative estimate of drug-likeness (QED) is 0.920. The van der Waals surface area contributed by atoms with Gasteiger partial charge in [0.05, 0.1) is 5.02 Å². The molecule has 1 aromatic carbocycles. The van der Waals surface area contributed by atoms with Gasteiger partial charge in [-0.15, -0.1) is 0 Å². The maximum Gasteiger partial charge on any atom is 0.142 e. The van der Waals surface area contributed by atoms with E-state index in [1.54, 1.807) is 12.3 Å². The highest BCUT2D eigenvalue weighted by Gasteiger charge is 2.21. The smallest absolute Gasteiger partial charge is 0.142 e. The van der Waals surface area contributed by atoms with E-state index >= 15 is 0 Å².